The number of pyridine rings is 1. The molecular formula is C26H27N5O2S. The molecule has 2 aromatic heterocycles. The standard InChI is InChI=1S/C26H27N5O2S/c32-34(33,31-16-12-22-5-1-2-6-23(22)18-31)25-10-8-21(9-11-25)17-30(20-26-28-14-15-29-26)19-24-7-3-4-13-27-24/h1-11,13-15H,12,16-20H2,(H,28,29). The van der Waals surface area contributed by atoms with Crippen LogP contribution in [0.1, 0.15) is 28.2 Å². The number of hydrogen-bond acceptors (Lipinski definition) is 5. The van der Waals surface area contributed by atoms with Crippen molar-refractivity contribution in [2.75, 3.05) is 6.54 Å². The van der Waals surface area contributed by atoms with Gasteiger partial charge in [0, 0.05) is 44.8 Å². The molecule has 0 saturated heterocycles. The van der Waals surface area contributed by atoms with Crippen LogP contribution in [0.4, 0.5) is 0 Å². The largest absolute Gasteiger partial charge is 0.348 e. The number of H-pyrrole nitrogens is 1. The van der Waals surface area contributed by atoms with E-state index in [1.165, 1.54) is 5.56 Å². The summed E-state index contributed by atoms with van der Waals surface area (Å²) in [7, 11) is -3.54. The summed E-state index contributed by atoms with van der Waals surface area (Å²) < 4.78 is 28.1. The molecule has 0 amide bonds. The predicted octanol–water partition coefficient (Wildman–Crippen LogP) is 3.75. The second-order valence-electron chi connectivity index (χ2n) is 8.50. The fraction of sp³-hybridized carbons (Fsp3) is 0.231. The third-order valence-electron chi connectivity index (χ3n) is 6.10. The van der Waals surface area contributed by atoms with Gasteiger partial charge < -0.3 is 4.98 Å². The van der Waals surface area contributed by atoms with E-state index in [1.54, 1.807) is 28.8 Å². The van der Waals surface area contributed by atoms with E-state index in [4.69, 9.17) is 0 Å². The highest BCUT2D eigenvalue weighted by atomic mass is 32.2. The van der Waals surface area contributed by atoms with Gasteiger partial charge in [0.25, 0.3) is 0 Å². The van der Waals surface area contributed by atoms with Gasteiger partial charge in [-0.15, -0.1) is 0 Å². The van der Waals surface area contributed by atoms with Crippen molar-refractivity contribution in [1.82, 2.24) is 24.2 Å². The number of rotatable bonds is 8. The molecule has 2 aromatic carbocycles. The van der Waals surface area contributed by atoms with Gasteiger partial charge in [-0.25, -0.2) is 13.4 Å². The predicted molar refractivity (Wildman–Crippen MR) is 130 cm³/mol. The zero-order valence-electron chi connectivity index (χ0n) is 18.8. The van der Waals surface area contributed by atoms with Gasteiger partial charge in [0.1, 0.15) is 5.82 Å². The molecule has 0 aliphatic carbocycles. The van der Waals surface area contributed by atoms with E-state index in [1.807, 2.05) is 54.7 Å². The normalized spacial score (nSPS) is 14.3. The Morgan fingerprint density at radius 1 is 0.853 bits per heavy atom. The molecule has 0 saturated carbocycles. The van der Waals surface area contributed by atoms with Crippen LogP contribution < -0.4 is 0 Å². The van der Waals surface area contributed by atoms with Crippen molar-refractivity contribution < 1.29 is 8.42 Å². The summed E-state index contributed by atoms with van der Waals surface area (Å²) in [6.45, 7) is 2.86. The van der Waals surface area contributed by atoms with Gasteiger partial charge in [-0.05, 0) is 47.4 Å². The third kappa shape index (κ3) is 5.09. The smallest absolute Gasteiger partial charge is 0.243 e. The Labute approximate surface area is 200 Å². The Kier molecular flexibility index (Phi) is 6.53. The first-order chi connectivity index (χ1) is 16.6. The maximum atomic E-state index is 13.3. The second-order valence-corrected chi connectivity index (χ2v) is 10.4. The summed E-state index contributed by atoms with van der Waals surface area (Å²) >= 11 is 0. The minimum absolute atomic E-state index is 0.331. The molecule has 0 atom stereocenters. The van der Waals surface area contributed by atoms with Crippen LogP contribution in [-0.4, -0.2) is 39.1 Å². The topological polar surface area (TPSA) is 82.2 Å². The lowest BCUT2D eigenvalue weighted by atomic mass is 10.0. The highest BCUT2D eigenvalue weighted by molar-refractivity contribution is 7.89. The highest BCUT2D eigenvalue weighted by Crippen LogP contribution is 2.25. The van der Waals surface area contributed by atoms with Crippen LogP contribution in [-0.2, 0) is 42.6 Å². The zero-order chi connectivity index (χ0) is 23.4. The van der Waals surface area contributed by atoms with E-state index in [2.05, 4.69) is 25.9 Å². The highest BCUT2D eigenvalue weighted by Gasteiger charge is 2.28. The molecule has 3 heterocycles. The van der Waals surface area contributed by atoms with Crippen LogP contribution in [0.3, 0.4) is 0 Å². The molecular weight excluding hydrogens is 446 g/mol. The molecule has 0 radical (unpaired) electrons. The average Bonchev–Trinajstić information content (AvgIpc) is 3.38. The number of imidazole rings is 1. The zero-order valence-corrected chi connectivity index (χ0v) is 19.7. The van der Waals surface area contributed by atoms with Crippen LogP contribution >= 0.6 is 0 Å². The number of benzene rings is 2. The van der Waals surface area contributed by atoms with Gasteiger partial charge in [-0.3, -0.25) is 9.88 Å². The van der Waals surface area contributed by atoms with Gasteiger partial charge in [-0.1, -0.05) is 42.5 Å². The van der Waals surface area contributed by atoms with Gasteiger partial charge >= 0.3 is 0 Å². The van der Waals surface area contributed by atoms with Crippen molar-refractivity contribution >= 4 is 10.0 Å². The van der Waals surface area contributed by atoms with Crippen LogP contribution in [0.5, 0.6) is 0 Å². The van der Waals surface area contributed by atoms with Crippen molar-refractivity contribution in [2.24, 2.45) is 0 Å². The second kappa shape index (κ2) is 9.89. The van der Waals surface area contributed by atoms with E-state index < -0.39 is 10.0 Å². The first-order valence-corrected chi connectivity index (χ1v) is 12.8. The van der Waals surface area contributed by atoms with E-state index >= 15 is 0 Å². The van der Waals surface area contributed by atoms with Crippen LogP contribution in [0.2, 0.25) is 0 Å². The van der Waals surface area contributed by atoms with Crippen molar-refractivity contribution in [1.29, 1.82) is 0 Å². The Morgan fingerprint density at radius 2 is 1.65 bits per heavy atom. The molecule has 0 bridgehead atoms. The maximum absolute atomic E-state index is 13.3. The molecule has 0 spiro atoms. The van der Waals surface area contributed by atoms with E-state index in [0.717, 1.165) is 29.1 Å². The molecule has 8 heteroatoms. The molecule has 5 rings (SSSR count). The van der Waals surface area contributed by atoms with Crippen LogP contribution in [0, 0.1) is 0 Å². The van der Waals surface area contributed by atoms with Gasteiger partial charge in [0.2, 0.25) is 10.0 Å². The molecule has 4 aromatic rings. The van der Waals surface area contributed by atoms with Gasteiger partial charge in [0.05, 0.1) is 17.1 Å². The number of aromatic amines is 1. The van der Waals surface area contributed by atoms with Crippen LogP contribution in [0.25, 0.3) is 0 Å². The maximum Gasteiger partial charge on any atom is 0.243 e. The number of hydrogen-bond donors (Lipinski definition) is 1. The SMILES string of the molecule is O=S(=O)(c1ccc(CN(Cc2ccccn2)Cc2ncc[nH]2)cc1)N1CCc2ccccc2C1. The summed E-state index contributed by atoms with van der Waals surface area (Å²) in [5, 5.41) is 0. The molecule has 34 heavy (non-hydrogen) atoms. The number of aromatic nitrogens is 3. The average molecular weight is 474 g/mol. The molecule has 0 fully saturated rings. The lowest BCUT2D eigenvalue weighted by Crippen LogP contribution is -2.35. The Morgan fingerprint density at radius 3 is 2.38 bits per heavy atom. The third-order valence-corrected chi connectivity index (χ3v) is 7.96. The monoisotopic (exact) mass is 473 g/mol. The summed E-state index contributed by atoms with van der Waals surface area (Å²) in [5.41, 5.74) is 4.31. The molecule has 1 N–H and O–H groups in total. The van der Waals surface area contributed by atoms with Crippen molar-refractivity contribution in [3.8, 4) is 0 Å². The van der Waals surface area contributed by atoms with Crippen molar-refractivity contribution in [3.63, 3.8) is 0 Å². The number of fused-ring (bicyclic) bond motifs is 1. The quantitative estimate of drug-likeness (QED) is 0.421. The minimum Gasteiger partial charge on any atom is -0.348 e. The lowest BCUT2D eigenvalue weighted by Gasteiger charge is -2.28. The summed E-state index contributed by atoms with van der Waals surface area (Å²) in [4.78, 5) is 14.5. The van der Waals surface area contributed by atoms with Gasteiger partial charge in [0.15, 0.2) is 0 Å². The number of sulfonamides is 1. The van der Waals surface area contributed by atoms with Crippen LogP contribution in [0.15, 0.2) is 90.2 Å². The van der Waals surface area contributed by atoms with E-state index in [-0.39, 0.29) is 0 Å². The number of nitrogens with one attached hydrogen (secondary N) is 1. The van der Waals surface area contributed by atoms with E-state index in [0.29, 0.717) is 37.6 Å². The summed E-state index contributed by atoms with van der Waals surface area (Å²) in [6, 6.07) is 21.2. The molecule has 174 valence electrons. The Hall–Kier alpha value is -3.33. The first kappa shape index (κ1) is 22.5. The lowest BCUT2D eigenvalue weighted by molar-refractivity contribution is 0.239. The molecule has 7 nitrogen and oxygen atoms in total. The Balaban J connectivity index is 1.31. The first-order valence-electron chi connectivity index (χ1n) is 11.3. The molecule has 0 unspecified atom stereocenters. The van der Waals surface area contributed by atoms with E-state index in [9.17, 15) is 8.42 Å². The molecule has 1 aliphatic heterocycles. The number of nitrogens with zero attached hydrogens (tertiary/aromatic N) is 4. The minimum atomic E-state index is -3.54. The summed E-state index contributed by atoms with van der Waals surface area (Å²) in [5.74, 6) is 0.875. The van der Waals surface area contributed by atoms with Crippen molar-refractivity contribution in [2.45, 2.75) is 37.5 Å². The molecule has 1 aliphatic rings. The Bertz CT molecular complexity index is 1320. The van der Waals surface area contributed by atoms with Crippen molar-refractivity contribution in [3.05, 3.63) is 114 Å². The fourth-order valence-corrected chi connectivity index (χ4v) is 5.75. The fourth-order valence-electron chi connectivity index (χ4n) is 4.33. The summed E-state index contributed by atoms with van der Waals surface area (Å²) in [6.07, 6.45) is 6.08. The van der Waals surface area contributed by atoms with Gasteiger partial charge in [-0.2, -0.15) is 4.31 Å².